The van der Waals surface area contributed by atoms with E-state index in [1.165, 1.54) is 0 Å². The van der Waals surface area contributed by atoms with Crippen molar-refractivity contribution >= 4 is 34.2 Å². The van der Waals surface area contributed by atoms with E-state index >= 15 is 0 Å². The van der Waals surface area contributed by atoms with Crippen LogP contribution in [0.2, 0.25) is 0 Å². The molecule has 1 heterocycles. The first-order chi connectivity index (χ1) is 10.2. The number of halogens is 1. The van der Waals surface area contributed by atoms with Crippen molar-refractivity contribution in [2.45, 2.75) is 0 Å². The molecule has 0 saturated carbocycles. The van der Waals surface area contributed by atoms with Gasteiger partial charge in [0.2, 0.25) is 6.79 Å². The normalized spacial score (nSPS) is 12.0. The number of amides is 1. The molecule has 0 aromatic heterocycles. The Labute approximate surface area is 135 Å². The summed E-state index contributed by atoms with van der Waals surface area (Å²) in [6, 6.07) is 12.8. The van der Waals surface area contributed by atoms with Gasteiger partial charge in [0.25, 0.3) is 5.91 Å². The molecule has 6 heteroatoms. The van der Waals surface area contributed by atoms with Gasteiger partial charge >= 0.3 is 0 Å². The first-order valence-corrected chi connectivity index (χ1v) is 7.36. The Morgan fingerprint density at radius 3 is 2.71 bits per heavy atom. The molecule has 0 aliphatic carbocycles. The number of carbonyl (C=O) groups excluding carboxylic acids is 1. The van der Waals surface area contributed by atoms with Crippen molar-refractivity contribution in [3.63, 3.8) is 0 Å². The number of fused-ring (bicyclic) bond motifs is 1. The quantitative estimate of drug-likeness (QED) is 0.807. The molecule has 108 valence electrons. The van der Waals surface area contributed by atoms with E-state index in [1.807, 2.05) is 24.3 Å². The van der Waals surface area contributed by atoms with Gasteiger partial charge in [0.15, 0.2) is 18.1 Å². The van der Waals surface area contributed by atoms with Crippen LogP contribution in [0, 0.1) is 3.57 Å². The molecular weight excluding hydrogens is 385 g/mol. The van der Waals surface area contributed by atoms with E-state index in [0.29, 0.717) is 17.2 Å². The number of benzene rings is 2. The molecule has 0 fully saturated rings. The molecule has 0 radical (unpaired) electrons. The number of anilines is 1. The Kier molecular flexibility index (Phi) is 4.14. The Bertz CT molecular complexity index is 657. The lowest BCUT2D eigenvalue weighted by atomic mass is 10.3. The summed E-state index contributed by atoms with van der Waals surface area (Å²) in [7, 11) is 0. The van der Waals surface area contributed by atoms with Crippen molar-refractivity contribution in [1.29, 1.82) is 0 Å². The van der Waals surface area contributed by atoms with Crippen LogP contribution >= 0.6 is 22.6 Å². The summed E-state index contributed by atoms with van der Waals surface area (Å²) in [4.78, 5) is 11.8. The molecule has 0 saturated heterocycles. The van der Waals surface area contributed by atoms with Crippen LogP contribution in [0.3, 0.4) is 0 Å². The minimum atomic E-state index is -0.214. The minimum absolute atomic E-state index is 0.0639. The van der Waals surface area contributed by atoms with Crippen molar-refractivity contribution in [3.8, 4) is 17.2 Å². The zero-order chi connectivity index (χ0) is 14.7. The molecule has 5 nitrogen and oxygen atoms in total. The summed E-state index contributed by atoms with van der Waals surface area (Å²) in [5.41, 5.74) is 0.745. The van der Waals surface area contributed by atoms with Gasteiger partial charge in [-0.3, -0.25) is 4.79 Å². The summed E-state index contributed by atoms with van der Waals surface area (Å²) >= 11 is 2.21. The first-order valence-electron chi connectivity index (χ1n) is 6.28. The molecule has 1 aliphatic rings. The highest BCUT2D eigenvalue weighted by Crippen LogP contribution is 2.35. The second-order valence-corrected chi connectivity index (χ2v) is 5.60. The van der Waals surface area contributed by atoms with Crippen molar-refractivity contribution in [1.82, 2.24) is 0 Å². The molecule has 1 amide bonds. The van der Waals surface area contributed by atoms with E-state index in [0.717, 1.165) is 9.26 Å². The van der Waals surface area contributed by atoms with E-state index in [2.05, 4.69) is 27.9 Å². The highest BCUT2D eigenvalue weighted by Gasteiger charge is 2.14. The SMILES string of the molecule is O=C(COc1ccc2c(c1)OCO2)Nc1ccc(I)cc1. The van der Waals surface area contributed by atoms with Gasteiger partial charge in [-0.1, -0.05) is 0 Å². The van der Waals surface area contributed by atoms with E-state index in [9.17, 15) is 4.79 Å². The Morgan fingerprint density at radius 1 is 1.14 bits per heavy atom. The van der Waals surface area contributed by atoms with Gasteiger partial charge in [0.05, 0.1) is 0 Å². The van der Waals surface area contributed by atoms with Crippen molar-refractivity contribution in [2.75, 3.05) is 18.7 Å². The van der Waals surface area contributed by atoms with E-state index in [-0.39, 0.29) is 19.3 Å². The van der Waals surface area contributed by atoms with Crippen LogP contribution in [0.15, 0.2) is 42.5 Å². The first kappa shape index (κ1) is 14.0. The third kappa shape index (κ3) is 3.57. The molecule has 0 atom stereocenters. The van der Waals surface area contributed by atoms with Gasteiger partial charge in [-0.2, -0.15) is 0 Å². The standard InChI is InChI=1S/C15H12INO4/c16-10-1-3-11(4-2-10)17-15(18)8-19-12-5-6-13-14(7-12)21-9-20-13/h1-7H,8-9H2,(H,17,18). The van der Waals surface area contributed by atoms with Gasteiger partial charge in [-0.05, 0) is 59.0 Å². The summed E-state index contributed by atoms with van der Waals surface area (Å²) in [6.45, 7) is 0.151. The maximum atomic E-state index is 11.8. The van der Waals surface area contributed by atoms with Crippen LogP contribution in [-0.4, -0.2) is 19.3 Å². The Morgan fingerprint density at radius 2 is 1.90 bits per heavy atom. The van der Waals surface area contributed by atoms with Gasteiger partial charge in [0.1, 0.15) is 5.75 Å². The number of hydrogen-bond donors (Lipinski definition) is 1. The van der Waals surface area contributed by atoms with Gasteiger partial charge in [-0.25, -0.2) is 0 Å². The maximum absolute atomic E-state index is 11.8. The second-order valence-electron chi connectivity index (χ2n) is 4.36. The second kappa shape index (κ2) is 6.21. The minimum Gasteiger partial charge on any atom is -0.484 e. The molecule has 0 spiro atoms. The van der Waals surface area contributed by atoms with Gasteiger partial charge in [0, 0.05) is 15.3 Å². The van der Waals surface area contributed by atoms with Crippen LogP contribution in [0.1, 0.15) is 0 Å². The summed E-state index contributed by atoms with van der Waals surface area (Å²) in [5, 5.41) is 2.77. The van der Waals surface area contributed by atoms with Gasteiger partial charge < -0.3 is 19.5 Å². The smallest absolute Gasteiger partial charge is 0.262 e. The van der Waals surface area contributed by atoms with Crippen LogP contribution in [0.4, 0.5) is 5.69 Å². The Balaban J connectivity index is 1.55. The predicted octanol–water partition coefficient (Wildman–Crippen LogP) is 3.04. The molecule has 0 bridgehead atoms. The molecule has 1 N–H and O–H groups in total. The lowest BCUT2D eigenvalue weighted by Gasteiger charge is -2.08. The monoisotopic (exact) mass is 397 g/mol. The lowest BCUT2D eigenvalue weighted by molar-refractivity contribution is -0.118. The molecule has 21 heavy (non-hydrogen) atoms. The Hall–Kier alpha value is -1.96. The average Bonchev–Trinajstić information content (AvgIpc) is 2.95. The third-order valence-electron chi connectivity index (χ3n) is 2.84. The number of nitrogens with one attached hydrogen (secondary N) is 1. The summed E-state index contributed by atoms with van der Waals surface area (Å²) in [6.07, 6.45) is 0. The molecule has 3 rings (SSSR count). The average molecular weight is 397 g/mol. The molecular formula is C15H12INO4. The van der Waals surface area contributed by atoms with Crippen LogP contribution in [-0.2, 0) is 4.79 Å². The van der Waals surface area contributed by atoms with Crippen molar-refractivity contribution in [3.05, 3.63) is 46.0 Å². The number of rotatable bonds is 4. The van der Waals surface area contributed by atoms with E-state index < -0.39 is 0 Å². The van der Waals surface area contributed by atoms with Crippen LogP contribution in [0.5, 0.6) is 17.2 Å². The highest BCUT2D eigenvalue weighted by molar-refractivity contribution is 14.1. The highest BCUT2D eigenvalue weighted by atomic mass is 127. The van der Waals surface area contributed by atoms with Crippen LogP contribution in [0.25, 0.3) is 0 Å². The zero-order valence-corrected chi connectivity index (χ0v) is 13.1. The summed E-state index contributed by atoms with van der Waals surface area (Å²) < 4.78 is 17.0. The largest absolute Gasteiger partial charge is 0.484 e. The van der Waals surface area contributed by atoms with Crippen molar-refractivity contribution in [2.24, 2.45) is 0 Å². The maximum Gasteiger partial charge on any atom is 0.262 e. The zero-order valence-electron chi connectivity index (χ0n) is 11.0. The number of ether oxygens (including phenoxy) is 3. The van der Waals surface area contributed by atoms with E-state index in [1.54, 1.807) is 18.2 Å². The molecule has 0 unspecified atom stereocenters. The molecule has 2 aromatic rings. The number of carbonyl (C=O) groups is 1. The predicted molar refractivity (Wildman–Crippen MR) is 85.8 cm³/mol. The summed E-state index contributed by atoms with van der Waals surface area (Å²) in [5.74, 6) is 1.67. The van der Waals surface area contributed by atoms with E-state index in [4.69, 9.17) is 14.2 Å². The molecule has 1 aliphatic heterocycles. The number of hydrogen-bond acceptors (Lipinski definition) is 4. The third-order valence-corrected chi connectivity index (χ3v) is 3.56. The fourth-order valence-corrected chi connectivity index (χ4v) is 2.21. The fourth-order valence-electron chi connectivity index (χ4n) is 1.85. The lowest BCUT2D eigenvalue weighted by Crippen LogP contribution is -2.20. The molecule has 2 aromatic carbocycles. The van der Waals surface area contributed by atoms with Gasteiger partial charge in [-0.15, -0.1) is 0 Å². The fraction of sp³-hybridized carbons (Fsp3) is 0.133. The van der Waals surface area contributed by atoms with Crippen molar-refractivity contribution < 1.29 is 19.0 Å². The van der Waals surface area contributed by atoms with Crippen LogP contribution < -0.4 is 19.5 Å². The topological polar surface area (TPSA) is 56.8 Å².